The van der Waals surface area contributed by atoms with Crippen LogP contribution in [0.5, 0.6) is 0 Å². The molecule has 1 aliphatic heterocycles. The summed E-state index contributed by atoms with van der Waals surface area (Å²) < 4.78 is 66.0. The van der Waals surface area contributed by atoms with Crippen LogP contribution in [0.2, 0.25) is 0 Å². The van der Waals surface area contributed by atoms with Gasteiger partial charge in [0.05, 0.1) is 5.92 Å². The maximum atomic E-state index is 13.9. The van der Waals surface area contributed by atoms with Crippen LogP contribution >= 0.6 is 15.9 Å². The maximum Gasteiger partial charge on any atom is 0.393 e. The fraction of sp³-hybridized carbons (Fsp3) is 0.538. The minimum Gasteiger partial charge on any atom is -0.366 e. The number of alkyl halides is 4. The highest BCUT2D eigenvalue weighted by Gasteiger charge is 2.42. The number of hydrogen-bond acceptors (Lipinski definition) is 1. The first-order valence-corrected chi connectivity index (χ1v) is 7.30. The molecule has 0 aromatic heterocycles. The van der Waals surface area contributed by atoms with Gasteiger partial charge in [-0.3, -0.25) is 0 Å². The molecule has 1 nitrogen and oxygen atoms in total. The standard InChI is InChI=1S/C13H13BrF5N/c14-6-8-4-10(15)12(11(16)5-8)20-3-1-2-9(7-20)13(17,18)19/h4-5,9H,1-3,6-7H2. The molecule has 2 rings (SSSR count). The fourth-order valence-electron chi connectivity index (χ4n) is 2.44. The van der Waals surface area contributed by atoms with E-state index in [0.717, 1.165) is 17.0 Å². The van der Waals surface area contributed by atoms with Crippen molar-refractivity contribution in [3.63, 3.8) is 0 Å². The Morgan fingerprint density at radius 3 is 2.30 bits per heavy atom. The summed E-state index contributed by atoms with van der Waals surface area (Å²) in [6, 6.07) is 2.29. The molecule has 1 aliphatic rings. The summed E-state index contributed by atoms with van der Waals surface area (Å²) in [5, 5.41) is 0.284. The molecule has 7 heteroatoms. The van der Waals surface area contributed by atoms with E-state index in [0.29, 0.717) is 5.56 Å². The largest absolute Gasteiger partial charge is 0.393 e. The van der Waals surface area contributed by atoms with Gasteiger partial charge in [0.1, 0.15) is 17.3 Å². The van der Waals surface area contributed by atoms with Gasteiger partial charge >= 0.3 is 6.18 Å². The molecule has 1 aromatic carbocycles. The van der Waals surface area contributed by atoms with Gasteiger partial charge in [0.25, 0.3) is 0 Å². The van der Waals surface area contributed by atoms with Crippen molar-refractivity contribution < 1.29 is 22.0 Å². The predicted octanol–water partition coefficient (Wildman–Crippen LogP) is 4.64. The van der Waals surface area contributed by atoms with E-state index >= 15 is 0 Å². The molecule has 1 fully saturated rings. The van der Waals surface area contributed by atoms with E-state index in [2.05, 4.69) is 15.9 Å². The zero-order valence-corrected chi connectivity index (χ0v) is 12.1. The average molecular weight is 358 g/mol. The van der Waals surface area contributed by atoms with Crippen molar-refractivity contribution in [2.75, 3.05) is 18.0 Å². The highest BCUT2D eigenvalue weighted by Crippen LogP contribution is 2.36. The monoisotopic (exact) mass is 357 g/mol. The summed E-state index contributed by atoms with van der Waals surface area (Å²) >= 11 is 3.09. The lowest BCUT2D eigenvalue weighted by molar-refractivity contribution is -0.176. The normalized spacial score (nSPS) is 20.3. The Hall–Kier alpha value is -0.850. The second-order valence-electron chi connectivity index (χ2n) is 4.87. The number of halogens is 6. The Bertz CT molecular complexity index is 465. The summed E-state index contributed by atoms with van der Waals surface area (Å²) in [6.07, 6.45) is -4.06. The Labute approximate surface area is 121 Å². The van der Waals surface area contributed by atoms with Crippen molar-refractivity contribution in [3.05, 3.63) is 29.3 Å². The van der Waals surface area contributed by atoms with Crippen molar-refractivity contribution in [2.24, 2.45) is 5.92 Å². The van der Waals surface area contributed by atoms with E-state index in [-0.39, 0.29) is 30.4 Å². The van der Waals surface area contributed by atoms with E-state index < -0.39 is 30.3 Å². The van der Waals surface area contributed by atoms with Gasteiger partial charge in [0.15, 0.2) is 0 Å². The molecular weight excluding hydrogens is 345 g/mol. The lowest BCUT2D eigenvalue weighted by atomic mass is 9.97. The van der Waals surface area contributed by atoms with Crippen LogP contribution in [0.4, 0.5) is 27.6 Å². The Morgan fingerprint density at radius 2 is 1.80 bits per heavy atom. The highest BCUT2D eigenvalue weighted by molar-refractivity contribution is 9.08. The van der Waals surface area contributed by atoms with E-state index in [1.807, 2.05) is 0 Å². The third-order valence-corrected chi connectivity index (χ3v) is 4.08. The van der Waals surface area contributed by atoms with Crippen LogP contribution < -0.4 is 4.90 Å². The summed E-state index contributed by atoms with van der Waals surface area (Å²) in [7, 11) is 0. The van der Waals surface area contributed by atoms with Crippen molar-refractivity contribution in [1.82, 2.24) is 0 Å². The Kier molecular flexibility index (Phi) is 4.56. The van der Waals surface area contributed by atoms with Crippen LogP contribution in [0.3, 0.4) is 0 Å². The van der Waals surface area contributed by atoms with E-state index in [1.165, 1.54) is 0 Å². The first-order chi connectivity index (χ1) is 9.32. The van der Waals surface area contributed by atoms with Crippen LogP contribution in [-0.2, 0) is 5.33 Å². The average Bonchev–Trinajstić information content (AvgIpc) is 2.37. The van der Waals surface area contributed by atoms with Gasteiger partial charge < -0.3 is 4.90 Å². The molecule has 1 atom stereocenters. The third kappa shape index (κ3) is 3.24. The summed E-state index contributed by atoms with van der Waals surface area (Å²) in [4.78, 5) is 1.16. The molecule has 0 bridgehead atoms. The van der Waals surface area contributed by atoms with Crippen LogP contribution in [-0.4, -0.2) is 19.3 Å². The van der Waals surface area contributed by atoms with Gasteiger partial charge in [-0.15, -0.1) is 0 Å². The van der Waals surface area contributed by atoms with Crippen molar-refractivity contribution in [1.29, 1.82) is 0 Å². The molecule has 0 radical (unpaired) electrons. The molecule has 0 amide bonds. The number of benzene rings is 1. The third-order valence-electron chi connectivity index (χ3n) is 3.43. The van der Waals surface area contributed by atoms with Crippen LogP contribution in [0, 0.1) is 17.6 Å². The molecule has 112 valence electrons. The quantitative estimate of drug-likeness (QED) is 0.550. The van der Waals surface area contributed by atoms with Crippen LogP contribution in [0.25, 0.3) is 0 Å². The molecular formula is C13H13BrF5N. The molecule has 0 aliphatic carbocycles. The number of nitrogens with zero attached hydrogens (tertiary/aromatic N) is 1. The molecule has 0 spiro atoms. The first-order valence-electron chi connectivity index (χ1n) is 6.18. The first kappa shape index (κ1) is 15.5. The maximum absolute atomic E-state index is 13.9. The lowest BCUT2D eigenvalue weighted by Crippen LogP contribution is -2.42. The topological polar surface area (TPSA) is 3.24 Å². The van der Waals surface area contributed by atoms with E-state index in [9.17, 15) is 22.0 Å². The smallest absolute Gasteiger partial charge is 0.366 e. The van der Waals surface area contributed by atoms with Gasteiger partial charge in [-0.05, 0) is 30.5 Å². The molecule has 0 saturated carbocycles. The van der Waals surface area contributed by atoms with Gasteiger partial charge in [0, 0.05) is 18.4 Å². The van der Waals surface area contributed by atoms with Crippen LogP contribution in [0.15, 0.2) is 12.1 Å². The molecule has 1 aromatic rings. The lowest BCUT2D eigenvalue weighted by Gasteiger charge is -2.35. The minimum absolute atomic E-state index is 0.00270. The summed E-state index contributed by atoms with van der Waals surface area (Å²) in [6.45, 7) is -0.168. The Balaban J connectivity index is 2.27. The molecule has 20 heavy (non-hydrogen) atoms. The molecule has 0 N–H and O–H groups in total. The fourth-order valence-corrected chi connectivity index (χ4v) is 2.77. The Morgan fingerprint density at radius 1 is 1.20 bits per heavy atom. The van der Waals surface area contributed by atoms with Crippen molar-refractivity contribution >= 4 is 21.6 Å². The number of anilines is 1. The highest BCUT2D eigenvalue weighted by atomic mass is 79.9. The van der Waals surface area contributed by atoms with Crippen LogP contribution in [0.1, 0.15) is 18.4 Å². The molecule has 1 heterocycles. The second kappa shape index (κ2) is 5.87. The summed E-state index contributed by atoms with van der Waals surface area (Å²) in [5.74, 6) is -3.17. The number of piperidine rings is 1. The zero-order valence-electron chi connectivity index (χ0n) is 10.5. The predicted molar refractivity (Wildman–Crippen MR) is 70.0 cm³/mol. The SMILES string of the molecule is Fc1cc(CBr)cc(F)c1N1CCCC(C(F)(F)F)C1. The van der Waals surface area contributed by atoms with E-state index in [4.69, 9.17) is 0 Å². The van der Waals surface area contributed by atoms with Gasteiger partial charge in [-0.1, -0.05) is 15.9 Å². The van der Waals surface area contributed by atoms with Gasteiger partial charge in [-0.2, -0.15) is 13.2 Å². The number of hydrogen-bond donors (Lipinski definition) is 0. The van der Waals surface area contributed by atoms with E-state index in [1.54, 1.807) is 0 Å². The zero-order chi connectivity index (χ0) is 14.9. The van der Waals surface area contributed by atoms with Gasteiger partial charge in [-0.25, -0.2) is 8.78 Å². The van der Waals surface area contributed by atoms with Crippen molar-refractivity contribution in [2.45, 2.75) is 24.3 Å². The summed E-state index contributed by atoms with van der Waals surface area (Å²) in [5.41, 5.74) is 0.0526. The van der Waals surface area contributed by atoms with Crippen molar-refractivity contribution in [3.8, 4) is 0 Å². The number of rotatable bonds is 2. The van der Waals surface area contributed by atoms with Gasteiger partial charge in [0.2, 0.25) is 0 Å². The second-order valence-corrected chi connectivity index (χ2v) is 5.43. The minimum atomic E-state index is -4.33. The molecule has 1 unspecified atom stereocenters. The molecule has 1 saturated heterocycles.